The van der Waals surface area contributed by atoms with Crippen molar-refractivity contribution < 1.29 is 33.8 Å². The highest BCUT2D eigenvalue weighted by molar-refractivity contribution is 6.01. The molecule has 0 radical (unpaired) electrons. The molecule has 12 nitrogen and oxygen atoms in total. The summed E-state index contributed by atoms with van der Waals surface area (Å²) in [6.07, 6.45) is -0.473. The smallest absolute Gasteiger partial charge is 0.323 e. The van der Waals surface area contributed by atoms with E-state index < -0.39 is 54.7 Å². The molecule has 0 aromatic heterocycles. The van der Waals surface area contributed by atoms with Crippen molar-refractivity contribution in [3.63, 3.8) is 0 Å². The molecule has 3 amide bonds. The summed E-state index contributed by atoms with van der Waals surface area (Å²) in [7, 11) is 1.14. The Morgan fingerprint density at radius 2 is 1.70 bits per heavy atom. The van der Waals surface area contributed by atoms with Gasteiger partial charge in [0.2, 0.25) is 5.91 Å². The van der Waals surface area contributed by atoms with Crippen LogP contribution >= 0.6 is 0 Å². The van der Waals surface area contributed by atoms with Crippen molar-refractivity contribution in [3.05, 3.63) is 71.3 Å². The second kappa shape index (κ2) is 11.8. The number of amidine groups is 1. The molecule has 194 valence electrons. The van der Waals surface area contributed by atoms with Crippen molar-refractivity contribution in [1.82, 2.24) is 15.1 Å². The van der Waals surface area contributed by atoms with Crippen LogP contribution in [0.2, 0.25) is 0 Å². The molecule has 0 spiro atoms. The lowest BCUT2D eigenvalue weighted by Crippen LogP contribution is -2.61. The van der Waals surface area contributed by atoms with E-state index in [2.05, 4.69) is 10.1 Å². The number of hydrogen-bond donors (Lipinski definition) is 4. The SMILES string of the molecule is COC(=O)C[C@H]1C(=O)N(CC(=O)O)CCN1C(=O)[C@@H](NC(=O)c1ccc(C(=N)N)cc1)c1ccccc1. The number of piperazine rings is 1. The van der Waals surface area contributed by atoms with Gasteiger partial charge in [0, 0.05) is 24.2 Å². The van der Waals surface area contributed by atoms with Crippen molar-refractivity contribution in [2.45, 2.75) is 18.5 Å². The summed E-state index contributed by atoms with van der Waals surface area (Å²) < 4.78 is 4.68. The molecule has 2 aromatic carbocycles. The number of benzene rings is 2. The van der Waals surface area contributed by atoms with E-state index in [0.29, 0.717) is 11.1 Å². The number of carbonyl (C=O) groups excluding carboxylic acids is 4. The molecule has 12 heteroatoms. The van der Waals surface area contributed by atoms with Crippen LogP contribution in [0.4, 0.5) is 0 Å². The molecule has 2 aromatic rings. The zero-order valence-corrected chi connectivity index (χ0v) is 20.0. The highest BCUT2D eigenvalue weighted by atomic mass is 16.5. The number of rotatable bonds is 9. The first-order valence-corrected chi connectivity index (χ1v) is 11.3. The van der Waals surface area contributed by atoms with Crippen LogP contribution in [-0.2, 0) is 23.9 Å². The minimum absolute atomic E-state index is 0.0496. The van der Waals surface area contributed by atoms with Crippen molar-refractivity contribution in [2.24, 2.45) is 5.73 Å². The summed E-state index contributed by atoms with van der Waals surface area (Å²) in [5, 5.41) is 19.3. The van der Waals surface area contributed by atoms with E-state index in [1.54, 1.807) is 30.3 Å². The van der Waals surface area contributed by atoms with E-state index in [1.165, 1.54) is 29.2 Å². The lowest BCUT2D eigenvalue weighted by Gasteiger charge is -2.41. The summed E-state index contributed by atoms with van der Waals surface area (Å²) in [6.45, 7) is -0.684. The minimum atomic E-state index is -1.30. The van der Waals surface area contributed by atoms with Crippen molar-refractivity contribution in [2.75, 3.05) is 26.7 Å². The van der Waals surface area contributed by atoms with Gasteiger partial charge in [-0.05, 0) is 17.7 Å². The Hall–Kier alpha value is -4.74. The monoisotopic (exact) mass is 509 g/mol. The number of aliphatic carboxylic acids is 1. The zero-order valence-electron chi connectivity index (χ0n) is 20.0. The fourth-order valence-electron chi connectivity index (χ4n) is 3.98. The van der Waals surface area contributed by atoms with Crippen LogP contribution in [0, 0.1) is 5.41 Å². The maximum Gasteiger partial charge on any atom is 0.323 e. The summed E-state index contributed by atoms with van der Waals surface area (Å²) in [6, 6.07) is 11.8. The number of esters is 1. The Morgan fingerprint density at radius 1 is 1.08 bits per heavy atom. The van der Waals surface area contributed by atoms with E-state index in [1.807, 2.05) is 0 Å². The minimum Gasteiger partial charge on any atom is -0.480 e. The van der Waals surface area contributed by atoms with Crippen LogP contribution in [-0.4, -0.2) is 83.2 Å². The average Bonchev–Trinajstić information content (AvgIpc) is 2.89. The number of nitrogens with zero attached hydrogens (tertiary/aromatic N) is 2. The van der Waals surface area contributed by atoms with Crippen LogP contribution in [0.15, 0.2) is 54.6 Å². The molecule has 2 atom stereocenters. The Kier molecular flexibility index (Phi) is 8.56. The fourth-order valence-corrected chi connectivity index (χ4v) is 3.98. The number of ether oxygens (including phenoxy) is 1. The van der Waals surface area contributed by atoms with E-state index in [9.17, 15) is 24.0 Å². The summed E-state index contributed by atoms with van der Waals surface area (Å²) in [5.41, 5.74) is 6.54. The van der Waals surface area contributed by atoms with Crippen LogP contribution in [0.1, 0.15) is 33.9 Å². The third kappa shape index (κ3) is 6.48. The number of carbonyl (C=O) groups is 5. The van der Waals surface area contributed by atoms with Gasteiger partial charge in [0.1, 0.15) is 24.5 Å². The fraction of sp³-hybridized carbons (Fsp3) is 0.280. The van der Waals surface area contributed by atoms with Gasteiger partial charge >= 0.3 is 11.9 Å². The molecule has 1 saturated heterocycles. The number of carboxylic acids is 1. The quantitative estimate of drug-likeness (QED) is 0.209. The zero-order chi connectivity index (χ0) is 27.1. The number of amides is 3. The van der Waals surface area contributed by atoms with Crippen molar-refractivity contribution in [3.8, 4) is 0 Å². The van der Waals surface area contributed by atoms with Gasteiger partial charge in [0.05, 0.1) is 13.5 Å². The number of hydrogen-bond acceptors (Lipinski definition) is 7. The van der Waals surface area contributed by atoms with E-state index >= 15 is 0 Å². The van der Waals surface area contributed by atoms with Gasteiger partial charge in [-0.3, -0.25) is 29.4 Å². The molecule has 1 aliphatic rings. The number of nitrogens with two attached hydrogens (primary N) is 1. The molecule has 5 N–H and O–H groups in total. The Bertz CT molecular complexity index is 1200. The van der Waals surface area contributed by atoms with Gasteiger partial charge in [0.25, 0.3) is 11.8 Å². The Labute approximate surface area is 212 Å². The van der Waals surface area contributed by atoms with Gasteiger partial charge in [-0.15, -0.1) is 0 Å². The lowest BCUT2D eigenvalue weighted by molar-refractivity contribution is -0.159. The lowest BCUT2D eigenvalue weighted by atomic mass is 10.0. The Balaban J connectivity index is 1.92. The van der Waals surface area contributed by atoms with Gasteiger partial charge in [-0.1, -0.05) is 42.5 Å². The van der Waals surface area contributed by atoms with E-state index in [-0.39, 0.29) is 24.5 Å². The van der Waals surface area contributed by atoms with Gasteiger partial charge < -0.3 is 30.7 Å². The first kappa shape index (κ1) is 26.9. The maximum absolute atomic E-state index is 13.8. The molecule has 3 rings (SSSR count). The molecule has 1 fully saturated rings. The normalized spacial score (nSPS) is 16.0. The average molecular weight is 510 g/mol. The molecule has 1 aliphatic heterocycles. The predicted octanol–water partition coefficient (Wildman–Crippen LogP) is 0.129. The first-order chi connectivity index (χ1) is 17.6. The van der Waals surface area contributed by atoms with Crippen LogP contribution in [0.3, 0.4) is 0 Å². The highest BCUT2D eigenvalue weighted by Gasteiger charge is 2.42. The molecule has 37 heavy (non-hydrogen) atoms. The second-order valence-electron chi connectivity index (χ2n) is 8.29. The summed E-state index contributed by atoms with van der Waals surface area (Å²) in [5.74, 6) is -4.07. The van der Waals surface area contributed by atoms with Crippen LogP contribution < -0.4 is 11.1 Å². The third-order valence-electron chi connectivity index (χ3n) is 5.89. The second-order valence-corrected chi connectivity index (χ2v) is 8.29. The van der Waals surface area contributed by atoms with Crippen LogP contribution in [0.25, 0.3) is 0 Å². The third-order valence-corrected chi connectivity index (χ3v) is 5.89. The van der Waals surface area contributed by atoms with Crippen molar-refractivity contribution >= 4 is 35.5 Å². The molecular formula is C25H27N5O7. The van der Waals surface area contributed by atoms with Gasteiger partial charge in [-0.2, -0.15) is 0 Å². The standard InChI is InChI=1S/C25H27N5O7/c1-37-20(33)13-18-24(35)29(14-19(31)32)11-12-30(18)25(36)21(15-5-3-2-4-6-15)28-23(34)17-9-7-16(8-10-17)22(26)27/h2-10,18,21H,11-14H2,1H3,(H3,26,27)(H,28,34)(H,31,32)/t18-,21-/m0/s1. The molecule has 0 saturated carbocycles. The highest BCUT2D eigenvalue weighted by Crippen LogP contribution is 2.23. The number of nitrogens with one attached hydrogen (secondary N) is 2. The molecule has 0 bridgehead atoms. The number of methoxy groups -OCH3 is 1. The van der Waals surface area contributed by atoms with E-state index in [4.69, 9.17) is 16.2 Å². The van der Waals surface area contributed by atoms with Crippen molar-refractivity contribution in [1.29, 1.82) is 5.41 Å². The number of nitrogen functional groups attached to an aromatic ring is 1. The van der Waals surface area contributed by atoms with E-state index in [0.717, 1.165) is 12.0 Å². The molecule has 0 unspecified atom stereocenters. The topological polar surface area (TPSA) is 183 Å². The maximum atomic E-state index is 13.8. The molecular weight excluding hydrogens is 482 g/mol. The van der Waals surface area contributed by atoms with Crippen LogP contribution in [0.5, 0.6) is 0 Å². The largest absolute Gasteiger partial charge is 0.480 e. The van der Waals surface area contributed by atoms with Gasteiger partial charge in [0.15, 0.2) is 0 Å². The van der Waals surface area contributed by atoms with Gasteiger partial charge in [-0.25, -0.2) is 0 Å². The summed E-state index contributed by atoms with van der Waals surface area (Å²) >= 11 is 0. The first-order valence-electron chi connectivity index (χ1n) is 11.3. The summed E-state index contributed by atoms with van der Waals surface area (Å²) in [4.78, 5) is 65.4. The predicted molar refractivity (Wildman–Crippen MR) is 130 cm³/mol. The Morgan fingerprint density at radius 3 is 2.27 bits per heavy atom. The molecule has 1 heterocycles. The number of carboxylic acid groups (broad SMARTS) is 1. The molecule has 0 aliphatic carbocycles.